The monoisotopic (exact) mass is 388 g/mol. The van der Waals surface area contributed by atoms with Crippen molar-refractivity contribution in [2.45, 2.75) is 24.4 Å². The lowest BCUT2D eigenvalue weighted by Gasteiger charge is -2.14. The number of benzene rings is 1. The molecule has 0 spiro atoms. The van der Waals surface area contributed by atoms with Crippen LogP contribution in [0.5, 0.6) is 0 Å². The summed E-state index contributed by atoms with van der Waals surface area (Å²) in [5, 5.41) is 4.97. The van der Waals surface area contributed by atoms with Crippen LogP contribution in [0.3, 0.4) is 0 Å². The van der Waals surface area contributed by atoms with E-state index in [2.05, 4.69) is 26.0 Å². The first-order valence-corrected chi connectivity index (χ1v) is 9.58. The minimum atomic E-state index is -3.56. The summed E-state index contributed by atoms with van der Waals surface area (Å²) >= 11 is 4.88. The Balaban J connectivity index is 2.23. The van der Waals surface area contributed by atoms with Gasteiger partial charge in [-0.2, -0.15) is 0 Å². The van der Waals surface area contributed by atoms with E-state index in [9.17, 15) is 8.42 Å². The van der Waals surface area contributed by atoms with E-state index in [4.69, 9.17) is 0 Å². The molecule has 0 saturated heterocycles. The van der Waals surface area contributed by atoms with Crippen LogP contribution in [0.1, 0.15) is 23.4 Å². The van der Waals surface area contributed by atoms with E-state index in [1.54, 1.807) is 6.07 Å². The molecule has 0 amide bonds. The van der Waals surface area contributed by atoms with Crippen LogP contribution in [0.4, 0.5) is 0 Å². The molecular formula is C14H17BrN2O2S2. The second-order valence-electron chi connectivity index (χ2n) is 4.65. The zero-order valence-electron chi connectivity index (χ0n) is 11.8. The average Bonchev–Trinajstić information content (AvgIpc) is 2.92. The zero-order chi connectivity index (χ0) is 15.5. The third-order valence-electron chi connectivity index (χ3n) is 2.97. The number of hydrogen-bond donors (Lipinski definition) is 2. The van der Waals surface area contributed by atoms with E-state index < -0.39 is 10.0 Å². The van der Waals surface area contributed by atoms with Gasteiger partial charge >= 0.3 is 0 Å². The van der Waals surface area contributed by atoms with Crippen LogP contribution in [0.2, 0.25) is 0 Å². The first kappa shape index (κ1) is 16.6. The molecule has 114 valence electrons. The van der Waals surface area contributed by atoms with Gasteiger partial charge in [0.25, 0.3) is 0 Å². The lowest BCUT2D eigenvalue weighted by atomic mass is 10.2. The summed E-state index contributed by atoms with van der Waals surface area (Å²) in [6.45, 7) is 2.53. The molecule has 2 aromatic rings. The van der Waals surface area contributed by atoms with Crippen molar-refractivity contribution in [2.75, 3.05) is 7.05 Å². The lowest BCUT2D eigenvalue weighted by Crippen LogP contribution is -2.26. The van der Waals surface area contributed by atoms with Crippen LogP contribution >= 0.6 is 27.3 Å². The van der Waals surface area contributed by atoms with Gasteiger partial charge in [0.05, 0.1) is 10.9 Å². The van der Waals surface area contributed by atoms with E-state index in [-0.39, 0.29) is 10.9 Å². The second-order valence-corrected chi connectivity index (χ2v) is 8.17. The van der Waals surface area contributed by atoms with Crippen molar-refractivity contribution in [2.24, 2.45) is 0 Å². The van der Waals surface area contributed by atoms with Gasteiger partial charge in [-0.15, -0.1) is 11.3 Å². The highest BCUT2D eigenvalue weighted by molar-refractivity contribution is 9.10. The van der Waals surface area contributed by atoms with E-state index in [0.717, 1.165) is 10.4 Å². The van der Waals surface area contributed by atoms with Crippen molar-refractivity contribution in [1.29, 1.82) is 0 Å². The normalized spacial score (nSPS) is 13.3. The molecule has 1 aromatic heterocycles. The first-order valence-electron chi connectivity index (χ1n) is 6.43. The predicted molar refractivity (Wildman–Crippen MR) is 90.0 cm³/mol. The zero-order valence-corrected chi connectivity index (χ0v) is 15.0. The van der Waals surface area contributed by atoms with Gasteiger partial charge in [0, 0.05) is 15.9 Å². The van der Waals surface area contributed by atoms with Gasteiger partial charge in [0.15, 0.2) is 0 Å². The van der Waals surface area contributed by atoms with Crippen LogP contribution in [0.25, 0.3) is 0 Å². The SMILES string of the molecule is CNCc1ccc(S(=O)(=O)NC(C)c2cccs2)c(Br)c1. The average molecular weight is 389 g/mol. The molecule has 1 aromatic carbocycles. The van der Waals surface area contributed by atoms with Crippen LogP contribution in [-0.4, -0.2) is 15.5 Å². The lowest BCUT2D eigenvalue weighted by molar-refractivity contribution is 0.568. The maximum atomic E-state index is 12.5. The Morgan fingerprint density at radius 3 is 2.67 bits per heavy atom. The molecule has 1 heterocycles. The van der Waals surface area contributed by atoms with Gasteiger partial charge < -0.3 is 5.32 Å². The fraction of sp³-hybridized carbons (Fsp3) is 0.286. The fourth-order valence-electron chi connectivity index (χ4n) is 1.97. The minimum absolute atomic E-state index is 0.251. The van der Waals surface area contributed by atoms with E-state index >= 15 is 0 Å². The number of rotatable bonds is 6. The highest BCUT2D eigenvalue weighted by Crippen LogP contribution is 2.26. The van der Waals surface area contributed by atoms with Crippen molar-refractivity contribution >= 4 is 37.3 Å². The highest BCUT2D eigenvalue weighted by atomic mass is 79.9. The van der Waals surface area contributed by atoms with E-state index in [1.165, 1.54) is 11.3 Å². The summed E-state index contributed by atoms with van der Waals surface area (Å²) < 4.78 is 28.2. The van der Waals surface area contributed by atoms with Gasteiger partial charge in [-0.1, -0.05) is 12.1 Å². The van der Waals surface area contributed by atoms with Gasteiger partial charge in [0.1, 0.15) is 0 Å². The first-order chi connectivity index (χ1) is 9.94. The fourth-order valence-corrected chi connectivity index (χ4v) is 5.13. The standard InChI is InChI=1S/C14H17BrN2O2S2/c1-10(13-4-3-7-20-13)17-21(18,19)14-6-5-11(9-16-2)8-12(14)15/h3-8,10,16-17H,9H2,1-2H3. The summed E-state index contributed by atoms with van der Waals surface area (Å²) in [4.78, 5) is 1.24. The molecule has 7 heteroatoms. The Kier molecular flexibility index (Phi) is 5.56. The summed E-state index contributed by atoms with van der Waals surface area (Å²) in [7, 11) is -1.71. The largest absolute Gasteiger partial charge is 0.316 e. The topological polar surface area (TPSA) is 58.2 Å². The summed E-state index contributed by atoms with van der Waals surface area (Å²) in [6, 6.07) is 8.84. The Labute approximate surface area is 137 Å². The van der Waals surface area contributed by atoms with Gasteiger partial charge in [-0.05, 0) is 59.0 Å². The number of hydrogen-bond acceptors (Lipinski definition) is 4. The van der Waals surface area contributed by atoms with Crippen molar-refractivity contribution in [3.63, 3.8) is 0 Å². The second kappa shape index (κ2) is 7.02. The molecular weight excluding hydrogens is 372 g/mol. The van der Waals surface area contributed by atoms with Gasteiger partial charge in [-0.3, -0.25) is 0 Å². The maximum absolute atomic E-state index is 12.5. The van der Waals surface area contributed by atoms with Crippen LogP contribution < -0.4 is 10.0 Å². The summed E-state index contributed by atoms with van der Waals surface area (Å²) in [5.74, 6) is 0. The van der Waals surface area contributed by atoms with E-state index in [1.807, 2.05) is 43.6 Å². The van der Waals surface area contributed by atoms with Crippen molar-refractivity contribution in [3.05, 3.63) is 50.6 Å². The Morgan fingerprint density at radius 1 is 1.33 bits per heavy atom. The minimum Gasteiger partial charge on any atom is -0.316 e. The molecule has 2 rings (SSSR count). The van der Waals surface area contributed by atoms with Crippen LogP contribution in [0.15, 0.2) is 45.1 Å². The number of nitrogens with one attached hydrogen (secondary N) is 2. The number of halogens is 1. The molecule has 0 aliphatic heterocycles. The molecule has 4 nitrogen and oxygen atoms in total. The van der Waals surface area contributed by atoms with Gasteiger partial charge in [-0.25, -0.2) is 13.1 Å². The molecule has 0 aliphatic carbocycles. The van der Waals surface area contributed by atoms with Crippen molar-refractivity contribution in [3.8, 4) is 0 Å². The van der Waals surface area contributed by atoms with Crippen LogP contribution in [-0.2, 0) is 16.6 Å². The summed E-state index contributed by atoms with van der Waals surface area (Å²) in [5.41, 5.74) is 1.02. The number of sulfonamides is 1. The summed E-state index contributed by atoms with van der Waals surface area (Å²) in [6.07, 6.45) is 0. The Bertz CT molecular complexity index is 700. The molecule has 0 fully saturated rings. The number of thiophene rings is 1. The van der Waals surface area contributed by atoms with E-state index in [0.29, 0.717) is 11.0 Å². The Morgan fingerprint density at radius 2 is 2.10 bits per heavy atom. The third-order valence-corrected chi connectivity index (χ3v) is 6.54. The highest BCUT2D eigenvalue weighted by Gasteiger charge is 2.21. The van der Waals surface area contributed by atoms with Crippen LogP contribution in [0, 0.1) is 0 Å². The molecule has 1 unspecified atom stereocenters. The molecule has 0 bridgehead atoms. The molecule has 0 aliphatic rings. The third kappa shape index (κ3) is 4.14. The molecule has 0 radical (unpaired) electrons. The predicted octanol–water partition coefficient (Wildman–Crippen LogP) is 3.27. The van der Waals surface area contributed by atoms with Gasteiger partial charge in [0.2, 0.25) is 10.0 Å². The van der Waals surface area contributed by atoms with Crippen molar-refractivity contribution in [1.82, 2.24) is 10.0 Å². The smallest absolute Gasteiger partial charge is 0.242 e. The molecule has 21 heavy (non-hydrogen) atoms. The Hall–Kier alpha value is -0.730. The maximum Gasteiger partial charge on any atom is 0.242 e. The molecule has 0 saturated carbocycles. The quantitative estimate of drug-likeness (QED) is 0.797. The molecule has 1 atom stereocenters. The molecule has 2 N–H and O–H groups in total. The van der Waals surface area contributed by atoms with Crippen molar-refractivity contribution < 1.29 is 8.42 Å².